The maximum atomic E-state index is 14.5. The fourth-order valence-electron chi connectivity index (χ4n) is 4.50. The summed E-state index contributed by atoms with van der Waals surface area (Å²) in [5.41, 5.74) is 0.458. The topological polar surface area (TPSA) is 49.9 Å². The number of carbonyl (C=O) groups is 2. The molecule has 0 N–H and O–H groups in total. The number of anilines is 1. The van der Waals surface area contributed by atoms with Gasteiger partial charge in [0.15, 0.2) is 4.87 Å². The van der Waals surface area contributed by atoms with Crippen LogP contribution in [-0.4, -0.2) is 36.1 Å². The average Bonchev–Trinajstić information content (AvgIpc) is 3.37. The van der Waals surface area contributed by atoms with E-state index in [0.717, 1.165) is 12.1 Å². The van der Waals surface area contributed by atoms with Crippen molar-refractivity contribution < 1.29 is 27.5 Å². The number of hydrogen-bond acceptors (Lipinski definition) is 4. The van der Waals surface area contributed by atoms with E-state index in [0.29, 0.717) is 22.8 Å². The minimum atomic E-state index is -1.51. The first-order chi connectivity index (χ1) is 16.4. The van der Waals surface area contributed by atoms with Crippen LogP contribution >= 0.6 is 11.8 Å². The molecule has 1 fully saturated rings. The number of ether oxygens (including phenoxy) is 1. The standard InChI is InChI=1S/C25H19F3N2O3S/c1-33-15-9-10-22-18(13-15)25(24(32)29(22)14-17-20(27)7-4-8-21(17)28)30(11-12-34-25)23(31)16-5-2-3-6-19(16)26/h2-10,13H,11-12,14H2,1H3. The first kappa shape index (κ1) is 22.3. The predicted molar refractivity (Wildman–Crippen MR) is 122 cm³/mol. The van der Waals surface area contributed by atoms with Gasteiger partial charge in [0.1, 0.15) is 23.2 Å². The summed E-state index contributed by atoms with van der Waals surface area (Å²) < 4.78 is 48.7. The summed E-state index contributed by atoms with van der Waals surface area (Å²) in [5, 5.41) is 0. The van der Waals surface area contributed by atoms with Gasteiger partial charge in [-0.3, -0.25) is 9.59 Å². The second-order valence-corrected chi connectivity index (χ2v) is 9.19. The van der Waals surface area contributed by atoms with Crippen LogP contribution in [0.3, 0.4) is 0 Å². The highest BCUT2D eigenvalue weighted by Crippen LogP contribution is 2.55. The van der Waals surface area contributed by atoms with Crippen molar-refractivity contribution >= 4 is 29.3 Å². The van der Waals surface area contributed by atoms with Crippen LogP contribution in [0.5, 0.6) is 5.75 Å². The van der Waals surface area contributed by atoms with E-state index in [1.165, 1.54) is 52.9 Å². The van der Waals surface area contributed by atoms with Gasteiger partial charge in [-0.05, 0) is 42.5 Å². The number of thioether (sulfide) groups is 1. The van der Waals surface area contributed by atoms with Gasteiger partial charge in [-0.2, -0.15) is 0 Å². The maximum Gasteiger partial charge on any atom is 0.268 e. The van der Waals surface area contributed by atoms with Gasteiger partial charge < -0.3 is 14.5 Å². The third-order valence-corrected chi connectivity index (χ3v) is 7.55. The third-order valence-electron chi connectivity index (χ3n) is 6.13. The normalized spacial score (nSPS) is 19.1. The monoisotopic (exact) mass is 484 g/mol. The summed E-state index contributed by atoms with van der Waals surface area (Å²) >= 11 is 1.23. The van der Waals surface area contributed by atoms with Gasteiger partial charge >= 0.3 is 0 Å². The van der Waals surface area contributed by atoms with Crippen molar-refractivity contribution in [1.29, 1.82) is 0 Å². The zero-order chi connectivity index (χ0) is 24.0. The number of halogens is 3. The Balaban J connectivity index is 1.65. The molecule has 1 spiro atoms. The molecule has 2 heterocycles. The van der Waals surface area contributed by atoms with E-state index >= 15 is 0 Å². The van der Waals surface area contributed by atoms with Gasteiger partial charge in [0.2, 0.25) is 0 Å². The molecule has 0 radical (unpaired) electrons. The summed E-state index contributed by atoms with van der Waals surface area (Å²) in [6.45, 7) is -0.164. The molecule has 3 aromatic carbocycles. The Morgan fingerprint density at radius 2 is 1.74 bits per heavy atom. The highest BCUT2D eigenvalue weighted by molar-refractivity contribution is 8.01. The Hall–Kier alpha value is -3.46. The van der Waals surface area contributed by atoms with Crippen molar-refractivity contribution in [2.24, 2.45) is 0 Å². The van der Waals surface area contributed by atoms with Crippen molar-refractivity contribution in [3.63, 3.8) is 0 Å². The number of amides is 2. The van der Waals surface area contributed by atoms with Crippen LogP contribution in [0.2, 0.25) is 0 Å². The molecular formula is C25H19F3N2O3S. The Morgan fingerprint density at radius 3 is 2.44 bits per heavy atom. The highest BCUT2D eigenvalue weighted by Gasteiger charge is 2.60. The van der Waals surface area contributed by atoms with Gasteiger partial charge in [0, 0.05) is 23.4 Å². The summed E-state index contributed by atoms with van der Waals surface area (Å²) in [6.07, 6.45) is 0. The molecule has 1 unspecified atom stereocenters. The summed E-state index contributed by atoms with van der Waals surface area (Å²) in [6, 6.07) is 14.0. The van der Waals surface area contributed by atoms with Crippen molar-refractivity contribution in [3.05, 3.63) is 94.8 Å². The van der Waals surface area contributed by atoms with E-state index < -0.39 is 34.1 Å². The molecule has 3 aromatic rings. The van der Waals surface area contributed by atoms with E-state index in [4.69, 9.17) is 4.74 Å². The van der Waals surface area contributed by atoms with Crippen LogP contribution in [0.25, 0.3) is 0 Å². The molecular weight excluding hydrogens is 465 g/mol. The van der Waals surface area contributed by atoms with Gasteiger partial charge in [-0.1, -0.05) is 18.2 Å². The fraction of sp³-hybridized carbons (Fsp3) is 0.200. The van der Waals surface area contributed by atoms with E-state index in [1.54, 1.807) is 24.3 Å². The van der Waals surface area contributed by atoms with Crippen LogP contribution in [0, 0.1) is 17.5 Å². The van der Waals surface area contributed by atoms with E-state index in [9.17, 15) is 22.8 Å². The number of benzene rings is 3. The molecule has 34 heavy (non-hydrogen) atoms. The second-order valence-electron chi connectivity index (χ2n) is 7.90. The number of hydrogen-bond donors (Lipinski definition) is 0. The zero-order valence-electron chi connectivity index (χ0n) is 18.1. The molecule has 0 aliphatic carbocycles. The molecule has 0 bridgehead atoms. The Morgan fingerprint density at radius 1 is 1.03 bits per heavy atom. The van der Waals surface area contributed by atoms with Crippen molar-refractivity contribution in [2.75, 3.05) is 24.3 Å². The predicted octanol–water partition coefficient (Wildman–Crippen LogP) is 4.70. The lowest BCUT2D eigenvalue weighted by Crippen LogP contribution is -2.50. The van der Waals surface area contributed by atoms with Crippen molar-refractivity contribution in [3.8, 4) is 5.75 Å². The zero-order valence-corrected chi connectivity index (χ0v) is 18.9. The maximum absolute atomic E-state index is 14.5. The van der Waals surface area contributed by atoms with Gasteiger partial charge in [0.05, 0.1) is 24.9 Å². The molecule has 5 nitrogen and oxygen atoms in total. The number of carbonyl (C=O) groups excluding carboxylic acids is 2. The van der Waals surface area contributed by atoms with Crippen LogP contribution in [0.1, 0.15) is 21.5 Å². The minimum absolute atomic E-state index is 0.153. The molecule has 9 heteroatoms. The molecule has 2 aliphatic rings. The molecule has 1 atom stereocenters. The van der Waals surface area contributed by atoms with Gasteiger partial charge in [-0.25, -0.2) is 13.2 Å². The summed E-state index contributed by atoms with van der Waals surface area (Å²) in [4.78, 5) is 28.5. The van der Waals surface area contributed by atoms with Gasteiger partial charge in [0.25, 0.3) is 11.8 Å². The van der Waals surface area contributed by atoms with Crippen LogP contribution < -0.4 is 9.64 Å². The van der Waals surface area contributed by atoms with Crippen LogP contribution in [-0.2, 0) is 16.2 Å². The number of rotatable bonds is 4. The molecule has 1 saturated heterocycles. The number of methoxy groups -OCH3 is 1. The van der Waals surface area contributed by atoms with Crippen LogP contribution in [0.4, 0.5) is 18.9 Å². The third kappa shape index (κ3) is 3.26. The number of fused-ring (bicyclic) bond motifs is 2. The first-order valence-electron chi connectivity index (χ1n) is 10.5. The first-order valence-corrected chi connectivity index (χ1v) is 11.5. The molecule has 2 amide bonds. The Bertz CT molecular complexity index is 1300. The lowest BCUT2D eigenvalue weighted by atomic mass is 10.0. The minimum Gasteiger partial charge on any atom is -0.497 e. The fourth-order valence-corrected chi connectivity index (χ4v) is 5.95. The van der Waals surface area contributed by atoms with Crippen molar-refractivity contribution in [1.82, 2.24) is 4.90 Å². The lowest BCUT2D eigenvalue weighted by Gasteiger charge is -2.33. The van der Waals surface area contributed by atoms with E-state index in [-0.39, 0.29) is 24.2 Å². The largest absolute Gasteiger partial charge is 0.497 e. The quantitative estimate of drug-likeness (QED) is 0.539. The summed E-state index contributed by atoms with van der Waals surface area (Å²) in [5.74, 6) is -2.53. The molecule has 5 rings (SSSR count). The van der Waals surface area contributed by atoms with E-state index in [1.807, 2.05) is 0 Å². The highest BCUT2D eigenvalue weighted by atomic mass is 32.2. The van der Waals surface area contributed by atoms with Crippen molar-refractivity contribution in [2.45, 2.75) is 11.4 Å². The average molecular weight is 484 g/mol. The SMILES string of the molecule is COc1ccc2c(c1)C1(SCCN1C(=O)c1ccccc1F)C(=O)N2Cc1c(F)cccc1F. The lowest BCUT2D eigenvalue weighted by molar-refractivity contribution is -0.123. The van der Waals surface area contributed by atoms with Gasteiger partial charge in [-0.15, -0.1) is 11.8 Å². The number of nitrogens with zero attached hydrogens (tertiary/aromatic N) is 2. The Kier molecular flexibility index (Phi) is 5.51. The Labute approximate surface area is 198 Å². The second kappa shape index (κ2) is 8.39. The molecule has 0 aromatic heterocycles. The molecule has 174 valence electrons. The summed E-state index contributed by atoms with van der Waals surface area (Å²) in [7, 11) is 1.47. The molecule has 2 aliphatic heterocycles. The molecule has 0 saturated carbocycles. The van der Waals surface area contributed by atoms with E-state index in [2.05, 4.69) is 0 Å². The smallest absolute Gasteiger partial charge is 0.268 e. The van der Waals surface area contributed by atoms with Crippen LogP contribution in [0.15, 0.2) is 60.7 Å².